The monoisotopic (exact) mass is 303 g/mol. The van der Waals surface area contributed by atoms with Crippen molar-refractivity contribution in [1.29, 1.82) is 0 Å². The van der Waals surface area contributed by atoms with Crippen molar-refractivity contribution in [3.8, 4) is 5.75 Å². The number of hydrogen-bond donors (Lipinski definition) is 2. The molecule has 0 amide bonds. The zero-order chi connectivity index (χ0) is 13.3. The van der Waals surface area contributed by atoms with Gasteiger partial charge in [0.2, 0.25) is 0 Å². The molecule has 0 fully saturated rings. The first-order valence-electron chi connectivity index (χ1n) is 4.92. The van der Waals surface area contributed by atoms with E-state index in [1.165, 1.54) is 12.1 Å². The Morgan fingerprint density at radius 1 is 1.06 bits per heavy atom. The predicted octanol–water partition coefficient (Wildman–Crippen LogP) is 4.19. The standard InChI is InChI=1S/C11H8Cl3N3O/c1-5-15-9(14)4-10(16-5)17-6-2-7(12)11(18)8(13)3-6/h2-4,18H,1H3,(H,15,16,17). The molecule has 0 aliphatic carbocycles. The maximum absolute atomic E-state index is 9.45. The smallest absolute Gasteiger partial charge is 0.152 e. The summed E-state index contributed by atoms with van der Waals surface area (Å²) in [4.78, 5) is 8.10. The van der Waals surface area contributed by atoms with E-state index < -0.39 is 0 Å². The molecule has 0 saturated carbocycles. The molecule has 2 rings (SSSR count). The number of nitrogens with zero attached hydrogens (tertiary/aromatic N) is 2. The maximum Gasteiger partial charge on any atom is 0.152 e. The number of nitrogens with one attached hydrogen (secondary N) is 1. The number of aromatic nitrogens is 2. The minimum Gasteiger partial charge on any atom is -0.505 e. The Bertz CT molecular complexity index is 561. The summed E-state index contributed by atoms with van der Waals surface area (Å²) in [5.41, 5.74) is 0.594. The molecule has 0 atom stereocenters. The average Bonchev–Trinajstić information content (AvgIpc) is 2.24. The lowest BCUT2D eigenvalue weighted by Crippen LogP contribution is -1.97. The summed E-state index contributed by atoms with van der Waals surface area (Å²) < 4.78 is 0. The van der Waals surface area contributed by atoms with Gasteiger partial charge >= 0.3 is 0 Å². The molecule has 0 unspecified atom stereocenters. The normalized spacial score (nSPS) is 10.4. The molecule has 0 spiro atoms. The highest BCUT2D eigenvalue weighted by Gasteiger charge is 2.08. The average molecular weight is 305 g/mol. The summed E-state index contributed by atoms with van der Waals surface area (Å²) in [7, 11) is 0. The molecular formula is C11H8Cl3N3O. The first-order valence-corrected chi connectivity index (χ1v) is 6.05. The third-order valence-electron chi connectivity index (χ3n) is 2.10. The van der Waals surface area contributed by atoms with E-state index in [9.17, 15) is 5.11 Å². The number of aromatic hydroxyl groups is 1. The van der Waals surface area contributed by atoms with Crippen LogP contribution < -0.4 is 5.32 Å². The van der Waals surface area contributed by atoms with Crippen molar-refractivity contribution in [1.82, 2.24) is 9.97 Å². The van der Waals surface area contributed by atoms with Gasteiger partial charge < -0.3 is 10.4 Å². The molecule has 18 heavy (non-hydrogen) atoms. The molecule has 0 aliphatic rings. The maximum atomic E-state index is 9.45. The van der Waals surface area contributed by atoms with Gasteiger partial charge in [-0.2, -0.15) is 0 Å². The van der Waals surface area contributed by atoms with Crippen LogP contribution in [0.4, 0.5) is 11.5 Å². The first kappa shape index (κ1) is 13.2. The summed E-state index contributed by atoms with van der Waals surface area (Å²) >= 11 is 17.5. The minimum absolute atomic E-state index is 0.152. The van der Waals surface area contributed by atoms with Crippen molar-refractivity contribution < 1.29 is 5.11 Å². The van der Waals surface area contributed by atoms with E-state index in [-0.39, 0.29) is 15.8 Å². The largest absolute Gasteiger partial charge is 0.505 e. The van der Waals surface area contributed by atoms with Crippen molar-refractivity contribution in [2.75, 3.05) is 5.32 Å². The van der Waals surface area contributed by atoms with Gasteiger partial charge in [-0.15, -0.1) is 0 Å². The van der Waals surface area contributed by atoms with Crippen molar-refractivity contribution in [2.45, 2.75) is 6.92 Å². The predicted molar refractivity (Wildman–Crippen MR) is 73.2 cm³/mol. The molecule has 7 heteroatoms. The molecule has 0 aliphatic heterocycles. The van der Waals surface area contributed by atoms with Crippen molar-refractivity contribution in [2.24, 2.45) is 0 Å². The third-order valence-corrected chi connectivity index (χ3v) is 2.87. The zero-order valence-electron chi connectivity index (χ0n) is 9.21. The molecule has 2 aromatic rings. The number of anilines is 2. The Labute approximate surface area is 119 Å². The highest BCUT2D eigenvalue weighted by Crippen LogP contribution is 2.35. The number of hydrogen-bond acceptors (Lipinski definition) is 4. The van der Waals surface area contributed by atoms with Gasteiger partial charge in [0.25, 0.3) is 0 Å². The Morgan fingerprint density at radius 3 is 2.22 bits per heavy atom. The van der Waals surface area contributed by atoms with Gasteiger partial charge in [-0.05, 0) is 19.1 Å². The molecule has 94 valence electrons. The number of rotatable bonds is 2. The van der Waals surface area contributed by atoms with E-state index in [1.54, 1.807) is 13.0 Å². The van der Waals surface area contributed by atoms with Crippen LogP contribution in [0.5, 0.6) is 5.75 Å². The number of aryl methyl sites for hydroxylation is 1. The molecule has 1 heterocycles. The van der Waals surface area contributed by atoms with Gasteiger partial charge in [-0.1, -0.05) is 34.8 Å². The van der Waals surface area contributed by atoms with Gasteiger partial charge in [0.1, 0.15) is 16.8 Å². The first-order chi connectivity index (χ1) is 8.45. The van der Waals surface area contributed by atoms with Crippen molar-refractivity contribution in [3.63, 3.8) is 0 Å². The Morgan fingerprint density at radius 2 is 1.67 bits per heavy atom. The molecule has 0 radical (unpaired) electrons. The summed E-state index contributed by atoms with van der Waals surface area (Å²) in [5.74, 6) is 0.909. The van der Waals surface area contributed by atoms with Crippen LogP contribution in [0.2, 0.25) is 15.2 Å². The van der Waals surface area contributed by atoms with Crippen LogP contribution in [-0.4, -0.2) is 15.1 Å². The van der Waals surface area contributed by atoms with Gasteiger partial charge in [0.15, 0.2) is 5.75 Å². The summed E-state index contributed by atoms with van der Waals surface area (Å²) in [6.07, 6.45) is 0. The Hall–Kier alpha value is -1.23. The van der Waals surface area contributed by atoms with Crippen LogP contribution >= 0.6 is 34.8 Å². The number of phenolic OH excluding ortho intramolecular Hbond substituents is 1. The topological polar surface area (TPSA) is 58.0 Å². The second-order valence-corrected chi connectivity index (χ2v) is 4.74. The lowest BCUT2D eigenvalue weighted by molar-refractivity contribution is 0.476. The second kappa shape index (κ2) is 5.18. The van der Waals surface area contributed by atoms with Crippen LogP contribution in [0.15, 0.2) is 18.2 Å². The molecule has 1 aromatic carbocycles. The highest BCUT2D eigenvalue weighted by molar-refractivity contribution is 6.37. The van der Waals surface area contributed by atoms with Gasteiger partial charge in [-0.25, -0.2) is 9.97 Å². The fourth-order valence-corrected chi connectivity index (χ4v) is 2.09. The SMILES string of the molecule is Cc1nc(Cl)cc(Nc2cc(Cl)c(O)c(Cl)c2)n1. The molecule has 2 N–H and O–H groups in total. The Kier molecular flexibility index (Phi) is 3.80. The summed E-state index contributed by atoms with van der Waals surface area (Å²) in [5, 5.41) is 13.1. The minimum atomic E-state index is -0.152. The van der Waals surface area contributed by atoms with E-state index in [0.717, 1.165) is 0 Å². The van der Waals surface area contributed by atoms with Crippen LogP contribution in [-0.2, 0) is 0 Å². The molecular weight excluding hydrogens is 296 g/mol. The number of benzene rings is 1. The molecule has 0 saturated heterocycles. The van der Waals surface area contributed by atoms with Crippen LogP contribution in [0, 0.1) is 6.92 Å². The lowest BCUT2D eigenvalue weighted by Gasteiger charge is -2.08. The third kappa shape index (κ3) is 2.96. The lowest BCUT2D eigenvalue weighted by atomic mass is 10.3. The van der Waals surface area contributed by atoms with Crippen molar-refractivity contribution in [3.05, 3.63) is 39.2 Å². The van der Waals surface area contributed by atoms with Crippen LogP contribution in [0.25, 0.3) is 0 Å². The van der Waals surface area contributed by atoms with Gasteiger partial charge in [-0.3, -0.25) is 0 Å². The zero-order valence-corrected chi connectivity index (χ0v) is 11.5. The van der Waals surface area contributed by atoms with E-state index in [4.69, 9.17) is 34.8 Å². The second-order valence-electron chi connectivity index (χ2n) is 3.54. The van der Waals surface area contributed by atoms with E-state index in [1.807, 2.05) is 0 Å². The molecule has 4 nitrogen and oxygen atoms in total. The molecule has 1 aromatic heterocycles. The molecule has 0 bridgehead atoms. The summed E-state index contributed by atoms with van der Waals surface area (Å²) in [6.45, 7) is 1.73. The number of phenols is 1. The van der Waals surface area contributed by atoms with Crippen LogP contribution in [0.3, 0.4) is 0 Å². The Balaban J connectivity index is 2.34. The van der Waals surface area contributed by atoms with Gasteiger partial charge in [0, 0.05) is 11.8 Å². The van der Waals surface area contributed by atoms with E-state index >= 15 is 0 Å². The summed E-state index contributed by atoms with van der Waals surface area (Å²) in [6, 6.07) is 4.64. The van der Waals surface area contributed by atoms with E-state index in [0.29, 0.717) is 22.5 Å². The fourth-order valence-electron chi connectivity index (χ4n) is 1.38. The van der Waals surface area contributed by atoms with E-state index in [2.05, 4.69) is 15.3 Å². The quantitative estimate of drug-likeness (QED) is 0.645. The van der Waals surface area contributed by atoms with Crippen molar-refractivity contribution >= 4 is 46.3 Å². The van der Waals surface area contributed by atoms with Crippen LogP contribution in [0.1, 0.15) is 5.82 Å². The fraction of sp³-hybridized carbons (Fsp3) is 0.0909. The highest BCUT2D eigenvalue weighted by atomic mass is 35.5. The van der Waals surface area contributed by atoms with Gasteiger partial charge in [0.05, 0.1) is 10.0 Å². The number of halogens is 3.